The molecule has 104 valence electrons. The predicted octanol–water partition coefficient (Wildman–Crippen LogP) is 3.51. The molecule has 0 amide bonds. The molecule has 1 aromatic heterocycles. The summed E-state index contributed by atoms with van der Waals surface area (Å²) in [5.41, 5.74) is 1.10. The van der Waals surface area contributed by atoms with Gasteiger partial charge in [0, 0.05) is 24.9 Å². The van der Waals surface area contributed by atoms with Crippen molar-refractivity contribution in [2.24, 2.45) is 0 Å². The molecule has 5 heteroatoms. The van der Waals surface area contributed by atoms with Crippen LogP contribution in [0.1, 0.15) is 18.4 Å². The number of halogens is 1. The fraction of sp³-hybridized carbons (Fsp3) is 0.333. The van der Waals surface area contributed by atoms with Crippen molar-refractivity contribution in [2.75, 3.05) is 18.0 Å². The lowest BCUT2D eigenvalue weighted by Crippen LogP contribution is -2.18. The second-order valence-corrected chi connectivity index (χ2v) is 5.82. The molecule has 2 aromatic rings. The van der Waals surface area contributed by atoms with Gasteiger partial charge in [-0.1, -0.05) is 12.1 Å². The van der Waals surface area contributed by atoms with Crippen molar-refractivity contribution in [3.05, 3.63) is 48.0 Å². The average molecular weight is 289 g/mol. The standard InChI is InChI=1S/C15H16FN3S/c16-13-5-3-12(4-6-13)10-20-15-9-14(17-11-18-15)19-7-1-2-8-19/h3-6,9,11H,1-2,7-8,10H2. The molecule has 20 heavy (non-hydrogen) atoms. The Morgan fingerprint density at radius 3 is 2.60 bits per heavy atom. The molecule has 3 rings (SSSR count). The molecule has 0 radical (unpaired) electrons. The van der Waals surface area contributed by atoms with Gasteiger partial charge in [-0.3, -0.25) is 0 Å². The van der Waals surface area contributed by atoms with Crippen LogP contribution in [0.4, 0.5) is 10.2 Å². The number of hydrogen-bond acceptors (Lipinski definition) is 4. The van der Waals surface area contributed by atoms with E-state index >= 15 is 0 Å². The van der Waals surface area contributed by atoms with Gasteiger partial charge in [0.2, 0.25) is 0 Å². The topological polar surface area (TPSA) is 29.0 Å². The Labute approximate surface area is 122 Å². The van der Waals surface area contributed by atoms with Gasteiger partial charge in [-0.25, -0.2) is 14.4 Å². The minimum atomic E-state index is -0.197. The van der Waals surface area contributed by atoms with Gasteiger partial charge in [-0.2, -0.15) is 0 Å². The molecular formula is C15H16FN3S. The first-order valence-electron chi connectivity index (χ1n) is 6.75. The lowest BCUT2D eigenvalue weighted by molar-refractivity contribution is 0.627. The highest BCUT2D eigenvalue weighted by Gasteiger charge is 2.14. The lowest BCUT2D eigenvalue weighted by Gasteiger charge is -2.16. The zero-order valence-corrected chi connectivity index (χ0v) is 11.9. The van der Waals surface area contributed by atoms with Gasteiger partial charge >= 0.3 is 0 Å². The highest BCUT2D eigenvalue weighted by molar-refractivity contribution is 7.98. The molecule has 0 N–H and O–H groups in total. The van der Waals surface area contributed by atoms with Crippen LogP contribution in [-0.2, 0) is 5.75 Å². The monoisotopic (exact) mass is 289 g/mol. The van der Waals surface area contributed by atoms with Gasteiger partial charge in [0.1, 0.15) is 23.0 Å². The van der Waals surface area contributed by atoms with E-state index in [9.17, 15) is 4.39 Å². The summed E-state index contributed by atoms with van der Waals surface area (Å²) >= 11 is 1.65. The summed E-state index contributed by atoms with van der Waals surface area (Å²) in [6.45, 7) is 2.16. The summed E-state index contributed by atoms with van der Waals surface area (Å²) in [5.74, 6) is 1.60. The highest BCUT2D eigenvalue weighted by Crippen LogP contribution is 2.25. The quantitative estimate of drug-likeness (QED) is 0.636. The Bertz CT molecular complexity index is 568. The van der Waals surface area contributed by atoms with Crippen LogP contribution in [0.25, 0.3) is 0 Å². The van der Waals surface area contributed by atoms with Gasteiger partial charge in [0.25, 0.3) is 0 Å². The number of aromatic nitrogens is 2. The van der Waals surface area contributed by atoms with E-state index in [2.05, 4.69) is 14.9 Å². The second-order valence-electron chi connectivity index (χ2n) is 4.82. The molecule has 1 fully saturated rings. The zero-order valence-electron chi connectivity index (χ0n) is 11.1. The molecule has 1 aromatic carbocycles. The maximum absolute atomic E-state index is 12.8. The number of anilines is 1. The molecule has 1 aliphatic rings. The van der Waals surface area contributed by atoms with E-state index in [0.717, 1.165) is 35.2 Å². The van der Waals surface area contributed by atoms with Crippen molar-refractivity contribution in [3.8, 4) is 0 Å². The van der Waals surface area contributed by atoms with Crippen LogP contribution in [0, 0.1) is 5.82 Å². The largest absolute Gasteiger partial charge is 0.356 e. The van der Waals surface area contributed by atoms with Crippen LogP contribution < -0.4 is 4.90 Å². The summed E-state index contributed by atoms with van der Waals surface area (Å²) < 4.78 is 12.8. The average Bonchev–Trinajstić information content (AvgIpc) is 3.01. The summed E-state index contributed by atoms with van der Waals surface area (Å²) in [6, 6.07) is 8.65. The molecular weight excluding hydrogens is 273 g/mol. The number of hydrogen-bond donors (Lipinski definition) is 0. The fourth-order valence-electron chi connectivity index (χ4n) is 2.27. The van der Waals surface area contributed by atoms with E-state index in [1.165, 1.54) is 25.0 Å². The Kier molecular flexibility index (Phi) is 4.16. The van der Waals surface area contributed by atoms with Crippen LogP contribution in [0.15, 0.2) is 41.7 Å². The molecule has 0 bridgehead atoms. The van der Waals surface area contributed by atoms with E-state index < -0.39 is 0 Å². The SMILES string of the molecule is Fc1ccc(CSc2cc(N3CCCC3)ncn2)cc1. The van der Waals surface area contributed by atoms with Crippen LogP contribution in [0.2, 0.25) is 0 Å². The molecule has 1 saturated heterocycles. The first kappa shape index (κ1) is 13.4. The first-order valence-corrected chi connectivity index (χ1v) is 7.74. The Morgan fingerprint density at radius 1 is 1.10 bits per heavy atom. The summed E-state index contributed by atoms with van der Waals surface area (Å²) in [5, 5.41) is 0.964. The summed E-state index contributed by atoms with van der Waals surface area (Å²) in [4.78, 5) is 10.9. The van der Waals surface area contributed by atoms with Crippen molar-refractivity contribution in [1.82, 2.24) is 9.97 Å². The van der Waals surface area contributed by atoms with Crippen molar-refractivity contribution < 1.29 is 4.39 Å². The maximum atomic E-state index is 12.8. The van der Waals surface area contributed by atoms with Crippen LogP contribution in [0.5, 0.6) is 0 Å². The van der Waals surface area contributed by atoms with E-state index in [0.29, 0.717) is 0 Å². The van der Waals surface area contributed by atoms with E-state index in [1.54, 1.807) is 18.1 Å². The molecule has 0 saturated carbocycles. The third kappa shape index (κ3) is 3.28. The van der Waals surface area contributed by atoms with Crippen LogP contribution in [0.3, 0.4) is 0 Å². The van der Waals surface area contributed by atoms with Gasteiger partial charge in [-0.05, 0) is 30.5 Å². The highest BCUT2D eigenvalue weighted by atomic mass is 32.2. The Balaban J connectivity index is 1.65. The molecule has 0 unspecified atom stereocenters. The van der Waals surface area contributed by atoms with Crippen LogP contribution in [-0.4, -0.2) is 23.1 Å². The minimum Gasteiger partial charge on any atom is -0.356 e. The number of thioether (sulfide) groups is 1. The third-order valence-corrected chi connectivity index (χ3v) is 4.35. The lowest BCUT2D eigenvalue weighted by atomic mass is 10.2. The van der Waals surface area contributed by atoms with E-state index in [1.807, 2.05) is 18.2 Å². The number of nitrogens with zero attached hydrogens (tertiary/aromatic N) is 3. The van der Waals surface area contributed by atoms with Crippen molar-refractivity contribution in [1.29, 1.82) is 0 Å². The van der Waals surface area contributed by atoms with E-state index in [-0.39, 0.29) is 5.82 Å². The molecule has 1 aliphatic heterocycles. The fourth-order valence-corrected chi connectivity index (χ4v) is 3.08. The van der Waals surface area contributed by atoms with Gasteiger partial charge in [0.15, 0.2) is 0 Å². The van der Waals surface area contributed by atoms with Crippen molar-refractivity contribution >= 4 is 17.6 Å². The Morgan fingerprint density at radius 2 is 1.85 bits per heavy atom. The van der Waals surface area contributed by atoms with Gasteiger partial charge < -0.3 is 4.90 Å². The normalized spacial score (nSPS) is 14.8. The summed E-state index contributed by atoms with van der Waals surface area (Å²) in [7, 11) is 0. The number of rotatable bonds is 4. The Hall–Kier alpha value is -1.62. The maximum Gasteiger partial charge on any atom is 0.133 e. The predicted molar refractivity (Wildman–Crippen MR) is 79.4 cm³/mol. The summed E-state index contributed by atoms with van der Waals surface area (Å²) in [6.07, 6.45) is 4.10. The van der Waals surface area contributed by atoms with Crippen molar-refractivity contribution in [3.63, 3.8) is 0 Å². The van der Waals surface area contributed by atoms with E-state index in [4.69, 9.17) is 0 Å². The third-order valence-electron chi connectivity index (χ3n) is 3.36. The van der Waals surface area contributed by atoms with Gasteiger partial charge in [-0.15, -0.1) is 11.8 Å². The first-order chi connectivity index (χ1) is 9.81. The smallest absolute Gasteiger partial charge is 0.133 e. The molecule has 2 heterocycles. The molecule has 0 atom stereocenters. The van der Waals surface area contributed by atoms with Crippen molar-refractivity contribution in [2.45, 2.75) is 23.6 Å². The molecule has 0 aliphatic carbocycles. The second kappa shape index (κ2) is 6.22. The molecule has 3 nitrogen and oxygen atoms in total. The van der Waals surface area contributed by atoms with Crippen LogP contribution >= 0.6 is 11.8 Å². The van der Waals surface area contributed by atoms with Gasteiger partial charge in [0.05, 0.1) is 0 Å². The minimum absolute atomic E-state index is 0.197. The molecule has 0 spiro atoms. The number of benzene rings is 1. The zero-order chi connectivity index (χ0) is 13.8.